The summed E-state index contributed by atoms with van der Waals surface area (Å²) in [6, 6.07) is 5.48. The predicted octanol–water partition coefficient (Wildman–Crippen LogP) is 4.54. The van der Waals surface area contributed by atoms with Crippen LogP contribution in [0, 0.1) is 6.92 Å². The highest BCUT2D eigenvalue weighted by Gasteiger charge is 2.21. The fourth-order valence-electron chi connectivity index (χ4n) is 3.28. The van der Waals surface area contributed by atoms with E-state index in [-0.39, 0.29) is 5.43 Å². The molecule has 19 heavy (non-hydrogen) atoms. The van der Waals surface area contributed by atoms with Crippen LogP contribution in [0.3, 0.4) is 0 Å². The van der Waals surface area contributed by atoms with Gasteiger partial charge in [-0.05, 0) is 43.9 Å². The van der Waals surface area contributed by atoms with Gasteiger partial charge in [0.05, 0.1) is 0 Å². The van der Waals surface area contributed by atoms with Gasteiger partial charge in [-0.2, -0.15) is 0 Å². The molecule has 2 nitrogen and oxygen atoms in total. The van der Waals surface area contributed by atoms with Crippen molar-refractivity contribution >= 4 is 22.5 Å². The van der Waals surface area contributed by atoms with Gasteiger partial charge in [-0.1, -0.05) is 30.9 Å². The number of hydrogen-bond acceptors (Lipinski definition) is 1. The number of nitrogens with one attached hydrogen (secondary N) is 1. The van der Waals surface area contributed by atoms with Crippen LogP contribution in [0.4, 0.5) is 0 Å². The minimum Gasteiger partial charge on any atom is -0.358 e. The standard InChI is InChI=1S/C16H18ClNO/c1-10-15(11-5-3-2-4-6-11)16(19)13-9-12(17)7-8-14(13)18-10/h7-9,11H,2-6H2,1H3,(H,18,19). The molecule has 0 unspecified atom stereocenters. The van der Waals surface area contributed by atoms with Crippen LogP contribution in [0.5, 0.6) is 0 Å². The van der Waals surface area contributed by atoms with Gasteiger partial charge in [-0.3, -0.25) is 4.79 Å². The summed E-state index contributed by atoms with van der Waals surface area (Å²) in [6.45, 7) is 2.01. The van der Waals surface area contributed by atoms with E-state index in [1.165, 1.54) is 19.3 Å². The lowest BCUT2D eigenvalue weighted by Crippen LogP contribution is -2.19. The van der Waals surface area contributed by atoms with Crippen molar-refractivity contribution in [1.29, 1.82) is 0 Å². The summed E-state index contributed by atoms with van der Waals surface area (Å²) in [5, 5.41) is 1.34. The van der Waals surface area contributed by atoms with Crippen LogP contribution in [0.1, 0.15) is 49.3 Å². The summed E-state index contributed by atoms with van der Waals surface area (Å²) in [4.78, 5) is 16.1. The quantitative estimate of drug-likeness (QED) is 0.814. The molecule has 0 aliphatic heterocycles. The average molecular weight is 276 g/mol. The van der Waals surface area contributed by atoms with Gasteiger partial charge in [0.1, 0.15) is 0 Å². The summed E-state index contributed by atoms with van der Waals surface area (Å²) in [5.74, 6) is 0.417. The highest BCUT2D eigenvalue weighted by Crippen LogP contribution is 2.33. The van der Waals surface area contributed by atoms with Crippen LogP contribution in [0.2, 0.25) is 5.02 Å². The van der Waals surface area contributed by atoms with E-state index in [4.69, 9.17) is 11.6 Å². The number of rotatable bonds is 1. The van der Waals surface area contributed by atoms with E-state index in [1.54, 1.807) is 6.07 Å². The SMILES string of the molecule is Cc1[nH]c2ccc(Cl)cc2c(=O)c1C1CCCCC1. The Labute approximate surface area is 117 Å². The Bertz CT molecular complexity index is 668. The molecule has 100 valence electrons. The minimum absolute atomic E-state index is 0.167. The van der Waals surface area contributed by atoms with E-state index in [0.717, 1.165) is 35.0 Å². The van der Waals surface area contributed by atoms with Gasteiger partial charge in [0.25, 0.3) is 0 Å². The van der Waals surface area contributed by atoms with Crippen molar-refractivity contribution in [3.05, 3.63) is 44.7 Å². The van der Waals surface area contributed by atoms with Crippen LogP contribution in [0.15, 0.2) is 23.0 Å². The first kappa shape index (κ1) is 12.7. The molecule has 1 saturated carbocycles. The molecular weight excluding hydrogens is 258 g/mol. The van der Waals surface area contributed by atoms with Gasteiger partial charge in [-0.15, -0.1) is 0 Å². The summed E-state index contributed by atoms with van der Waals surface area (Å²) in [5.41, 5.74) is 3.05. The third kappa shape index (κ3) is 2.30. The lowest BCUT2D eigenvalue weighted by molar-refractivity contribution is 0.440. The molecule has 0 spiro atoms. The maximum atomic E-state index is 12.7. The normalized spacial score (nSPS) is 16.9. The number of aryl methyl sites for hydroxylation is 1. The Morgan fingerprint density at radius 3 is 2.68 bits per heavy atom. The van der Waals surface area contributed by atoms with E-state index in [9.17, 15) is 4.79 Å². The van der Waals surface area contributed by atoms with Crippen LogP contribution < -0.4 is 5.43 Å². The number of aromatic amines is 1. The third-order valence-corrected chi connectivity index (χ3v) is 4.45. The summed E-state index contributed by atoms with van der Waals surface area (Å²) >= 11 is 6.02. The van der Waals surface area contributed by atoms with Crippen LogP contribution in [-0.2, 0) is 0 Å². The molecule has 1 aromatic carbocycles. The van der Waals surface area contributed by atoms with Crippen molar-refractivity contribution in [2.45, 2.75) is 44.9 Å². The van der Waals surface area contributed by atoms with E-state index in [2.05, 4.69) is 4.98 Å². The van der Waals surface area contributed by atoms with E-state index in [0.29, 0.717) is 10.9 Å². The average Bonchev–Trinajstić information content (AvgIpc) is 2.41. The van der Waals surface area contributed by atoms with Gasteiger partial charge >= 0.3 is 0 Å². The van der Waals surface area contributed by atoms with Crippen molar-refractivity contribution in [2.75, 3.05) is 0 Å². The van der Waals surface area contributed by atoms with E-state index in [1.807, 2.05) is 19.1 Å². The van der Waals surface area contributed by atoms with Gasteiger partial charge in [-0.25, -0.2) is 0 Å². The molecule has 1 N–H and O–H groups in total. The fourth-order valence-corrected chi connectivity index (χ4v) is 3.45. The lowest BCUT2D eigenvalue weighted by atomic mass is 9.83. The Kier molecular flexibility index (Phi) is 3.36. The fraction of sp³-hybridized carbons (Fsp3) is 0.438. The summed E-state index contributed by atoms with van der Waals surface area (Å²) in [6.07, 6.45) is 6.03. The molecule has 1 heterocycles. The number of fused-ring (bicyclic) bond motifs is 1. The van der Waals surface area contributed by atoms with Crippen molar-refractivity contribution in [2.24, 2.45) is 0 Å². The van der Waals surface area contributed by atoms with E-state index < -0.39 is 0 Å². The molecule has 1 aliphatic carbocycles. The van der Waals surface area contributed by atoms with Crippen LogP contribution >= 0.6 is 11.6 Å². The van der Waals surface area contributed by atoms with Crippen molar-refractivity contribution in [1.82, 2.24) is 4.98 Å². The second-order valence-electron chi connectivity index (χ2n) is 5.52. The Hall–Kier alpha value is -1.28. The third-order valence-electron chi connectivity index (χ3n) is 4.21. The minimum atomic E-state index is 0.167. The molecule has 0 amide bonds. The molecular formula is C16H18ClNO. The van der Waals surface area contributed by atoms with Crippen molar-refractivity contribution in [3.63, 3.8) is 0 Å². The zero-order valence-corrected chi connectivity index (χ0v) is 11.9. The Morgan fingerprint density at radius 1 is 1.21 bits per heavy atom. The molecule has 0 radical (unpaired) electrons. The first-order chi connectivity index (χ1) is 9.16. The zero-order valence-electron chi connectivity index (χ0n) is 11.1. The molecule has 0 atom stereocenters. The number of benzene rings is 1. The number of hydrogen-bond donors (Lipinski definition) is 1. The smallest absolute Gasteiger partial charge is 0.193 e. The maximum Gasteiger partial charge on any atom is 0.193 e. The first-order valence-corrected chi connectivity index (χ1v) is 7.36. The van der Waals surface area contributed by atoms with Crippen LogP contribution in [-0.4, -0.2) is 4.98 Å². The monoisotopic (exact) mass is 275 g/mol. The van der Waals surface area contributed by atoms with Gasteiger partial charge in [0, 0.05) is 27.2 Å². The molecule has 3 heteroatoms. The maximum absolute atomic E-state index is 12.7. The summed E-state index contributed by atoms with van der Waals surface area (Å²) < 4.78 is 0. The molecule has 1 aromatic heterocycles. The highest BCUT2D eigenvalue weighted by atomic mass is 35.5. The number of aromatic nitrogens is 1. The molecule has 0 saturated heterocycles. The Morgan fingerprint density at radius 2 is 1.95 bits per heavy atom. The molecule has 1 aliphatic rings. The van der Waals surface area contributed by atoms with Crippen LogP contribution in [0.25, 0.3) is 10.9 Å². The van der Waals surface area contributed by atoms with Gasteiger partial charge in [0.15, 0.2) is 5.43 Å². The number of halogens is 1. The molecule has 3 rings (SSSR count). The van der Waals surface area contributed by atoms with Crippen molar-refractivity contribution < 1.29 is 0 Å². The highest BCUT2D eigenvalue weighted by molar-refractivity contribution is 6.31. The number of pyridine rings is 1. The van der Waals surface area contributed by atoms with E-state index >= 15 is 0 Å². The number of H-pyrrole nitrogens is 1. The molecule has 0 bridgehead atoms. The largest absolute Gasteiger partial charge is 0.358 e. The lowest BCUT2D eigenvalue weighted by Gasteiger charge is -2.23. The second kappa shape index (κ2) is 5.01. The first-order valence-electron chi connectivity index (χ1n) is 6.99. The molecule has 1 fully saturated rings. The van der Waals surface area contributed by atoms with Gasteiger partial charge in [0.2, 0.25) is 0 Å². The molecule has 2 aromatic rings. The van der Waals surface area contributed by atoms with Crippen molar-refractivity contribution in [3.8, 4) is 0 Å². The summed E-state index contributed by atoms with van der Waals surface area (Å²) in [7, 11) is 0. The van der Waals surface area contributed by atoms with Gasteiger partial charge < -0.3 is 4.98 Å². The Balaban J connectivity index is 2.21. The predicted molar refractivity (Wildman–Crippen MR) is 80.1 cm³/mol. The zero-order chi connectivity index (χ0) is 13.4. The second-order valence-corrected chi connectivity index (χ2v) is 5.95. The topological polar surface area (TPSA) is 32.9 Å².